The average molecular weight is 475 g/mol. The van der Waals surface area contributed by atoms with Crippen molar-refractivity contribution in [2.75, 3.05) is 54.1 Å². The Morgan fingerprint density at radius 2 is 1.71 bits per heavy atom. The van der Waals surface area contributed by atoms with Crippen molar-refractivity contribution < 1.29 is 9.53 Å². The molecule has 1 aromatic heterocycles. The number of morpholine rings is 1. The number of nitrogens with zero attached hydrogens (tertiary/aromatic N) is 4. The first-order valence-corrected chi connectivity index (χ1v) is 13.1. The maximum atomic E-state index is 12.2. The Hall–Kier alpha value is -2.90. The number of amides is 1. The summed E-state index contributed by atoms with van der Waals surface area (Å²) in [4.78, 5) is 24.9. The zero-order valence-electron chi connectivity index (χ0n) is 19.4. The quantitative estimate of drug-likeness (QED) is 0.553. The Balaban J connectivity index is 1.12. The number of carbonyl (C=O) groups is 1. The molecule has 1 amide bonds. The minimum absolute atomic E-state index is 0.246. The van der Waals surface area contributed by atoms with Gasteiger partial charge in [-0.15, -0.1) is 11.3 Å². The Bertz CT molecular complexity index is 1170. The molecule has 176 valence electrons. The van der Waals surface area contributed by atoms with Crippen molar-refractivity contribution in [2.24, 2.45) is 0 Å². The van der Waals surface area contributed by atoms with Crippen LogP contribution in [0.15, 0.2) is 48.7 Å². The number of thiazole rings is 1. The van der Waals surface area contributed by atoms with Crippen LogP contribution in [0.5, 0.6) is 0 Å². The number of benzene rings is 2. The van der Waals surface area contributed by atoms with Crippen molar-refractivity contribution in [2.45, 2.75) is 32.2 Å². The van der Waals surface area contributed by atoms with Crippen molar-refractivity contribution >= 4 is 33.8 Å². The number of fused-ring (bicyclic) bond motifs is 1. The van der Waals surface area contributed by atoms with Gasteiger partial charge in [0.05, 0.1) is 13.2 Å². The van der Waals surface area contributed by atoms with Crippen LogP contribution in [0.4, 0.5) is 16.5 Å². The van der Waals surface area contributed by atoms with Gasteiger partial charge in [0.2, 0.25) is 5.91 Å². The number of aromatic nitrogens is 1. The van der Waals surface area contributed by atoms with Gasteiger partial charge in [0.15, 0.2) is 5.13 Å². The van der Waals surface area contributed by atoms with Crippen LogP contribution in [0.3, 0.4) is 0 Å². The van der Waals surface area contributed by atoms with E-state index in [0.717, 1.165) is 76.0 Å². The van der Waals surface area contributed by atoms with E-state index in [1.54, 1.807) is 11.3 Å². The van der Waals surface area contributed by atoms with E-state index in [9.17, 15) is 4.79 Å². The maximum absolute atomic E-state index is 12.2. The van der Waals surface area contributed by atoms with Crippen LogP contribution in [-0.4, -0.2) is 50.3 Å². The first-order chi connectivity index (χ1) is 16.7. The fourth-order valence-electron chi connectivity index (χ4n) is 5.17. The van der Waals surface area contributed by atoms with Gasteiger partial charge in [-0.05, 0) is 53.8 Å². The summed E-state index contributed by atoms with van der Waals surface area (Å²) in [7, 11) is 0. The van der Waals surface area contributed by atoms with Crippen molar-refractivity contribution in [1.82, 2.24) is 4.98 Å². The van der Waals surface area contributed by atoms with Crippen LogP contribution in [0, 0.1) is 0 Å². The maximum Gasteiger partial charge on any atom is 0.227 e. The van der Waals surface area contributed by atoms with E-state index in [2.05, 4.69) is 52.3 Å². The van der Waals surface area contributed by atoms with E-state index in [1.165, 1.54) is 27.3 Å². The number of ether oxygens (including phenoxy) is 1. The molecule has 0 N–H and O–H groups in total. The summed E-state index contributed by atoms with van der Waals surface area (Å²) in [5, 5.41) is 1.09. The lowest BCUT2D eigenvalue weighted by molar-refractivity contribution is -0.117. The molecule has 0 atom stereocenters. The molecular weight excluding hydrogens is 444 g/mol. The molecule has 0 aliphatic carbocycles. The third-order valence-electron chi connectivity index (χ3n) is 7.09. The van der Waals surface area contributed by atoms with Crippen molar-refractivity contribution in [3.63, 3.8) is 0 Å². The number of hydrogen-bond donors (Lipinski definition) is 0. The SMILES string of the molecule is O=C1CCCN1c1ccc2c(c1)CN(c1ncc(Cc3ccc(N4CCOCC4)cc3)s1)CC2. The predicted molar refractivity (Wildman–Crippen MR) is 137 cm³/mol. The molecule has 2 saturated heterocycles. The van der Waals surface area contributed by atoms with Gasteiger partial charge in [-0.3, -0.25) is 4.79 Å². The molecule has 4 heterocycles. The summed E-state index contributed by atoms with van der Waals surface area (Å²) < 4.78 is 5.46. The molecule has 34 heavy (non-hydrogen) atoms. The van der Waals surface area contributed by atoms with Crippen LogP contribution >= 0.6 is 11.3 Å². The van der Waals surface area contributed by atoms with E-state index in [-0.39, 0.29) is 5.91 Å². The topological polar surface area (TPSA) is 48.9 Å². The van der Waals surface area contributed by atoms with Gasteiger partial charge in [-0.2, -0.15) is 0 Å². The number of hydrogen-bond acceptors (Lipinski definition) is 6. The van der Waals surface area contributed by atoms with Crippen LogP contribution in [0.1, 0.15) is 34.4 Å². The summed E-state index contributed by atoms with van der Waals surface area (Å²) >= 11 is 1.79. The van der Waals surface area contributed by atoms with Crippen molar-refractivity contribution in [1.29, 1.82) is 0 Å². The third-order valence-corrected chi connectivity index (χ3v) is 8.15. The Morgan fingerprint density at radius 3 is 2.50 bits per heavy atom. The Labute approximate surface area is 204 Å². The van der Waals surface area contributed by atoms with Crippen LogP contribution in [0.25, 0.3) is 0 Å². The first-order valence-electron chi connectivity index (χ1n) is 12.3. The minimum Gasteiger partial charge on any atom is -0.378 e. The normalized spacial score (nSPS) is 18.5. The highest BCUT2D eigenvalue weighted by Crippen LogP contribution is 2.32. The van der Waals surface area contributed by atoms with Crippen molar-refractivity contribution in [3.8, 4) is 0 Å². The standard InChI is InChI=1S/C27H30N4O2S/c32-26-2-1-10-31(26)24-8-5-21-9-11-30(19-22(21)17-24)27-28-18-25(34-27)16-20-3-6-23(7-4-20)29-12-14-33-15-13-29/h3-8,17-18H,1-2,9-16,19H2. The summed E-state index contributed by atoms with van der Waals surface area (Å²) in [5.41, 5.74) is 6.35. The Morgan fingerprint density at radius 1 is 0.882 bits per heavy atom. The molecule has 7 heteroatoms. The fourth-order valence-corrected chi connectivity index (χ4v) is 6.14. The molecule has 3 aliphatic rings. The monoisotopic (exact) mass is 474 g/mol. The van der Waals surface area contributed by atoms with Crippen LogP contribution in [0.2, 0.25) is 0 Å². The van der Waals surface area contributed by atoms with E-state index in [0.29, 0.717) is 6.42 Å². The highest BCUT2D eigenvalue weighted by molar-refractivity contribution is 7.15. The highest BCUT2D eigenvalue weighted by Gasteiger charge is 2.24. The zero-order chi connectivity index (χ0) is 22.9. The van der Waals surface area contributed by atoms with E-state index in [4.69, 9.17) is 9.72 Å². The van der Waals surface area contributed by atoms with Crippen LogP contribution in [-0.2, 0) is 28.9 Å². The first kappa shape index (κ1) is 21.6. The van der Waals surface area contributed by atoms with Gasteiger partial charge in [0, 0.05) is 68.0 Å². The van der Waals surface area contributed by atoms with Gasteiger partial charge in [0.25, 0.3) is 0 Å². The smallest absolute Gasteiger partial charge is 0.227 e. The van der Waals surface area contributed by atoms with Crippen molar-refractivity contribution in [3.05, 3.63) is 70.2 Å². The molecule has 0 bridgehead atoms. The average Bonchev–Trinajstić information content (AvgIpc) is 3.53. The second-order valence-electron chi connectivity index (χ2n) is 9.33. The summed E-state index contributed by atoms with van der Waals surface area (Å²) in [6.45, 7) is 6.22. The molecule has 3 aliphatic heterocycles. The molecular formula is C27H30N4O2S. The largest absolute Gasteiger partial charge is 0.378 e. The molecule has 2 fully saturated rings. The molecule has 6 nitrogen and oxygen atoms in total. The fraction of sp³-hybridized carbons (Fsp3) is 0.407. The Kier molecular flexibility index (Phi) is 5.97. The van der Waals surface area contributed by atoms with Crippen LogP contribution < -0.4 is 14.7 Å². The summed E-state index contributed by atoms with van der Waals surface area (Å²) in [6, 6.07) is 15.5. The van der Waals surface area contributed by atoms with E-state index in [1.807, 2.05) is 11.1 Å². The van der Waals surface area contributed by atoms with Gasteiger partial charge in [-0.25, -0.2) is 4.98 Å². The second-order valence-corrected chi connectivity index (χ2v) is 10.4. The minimum atomic E-state index is 0.246. The molecule has 3 aromatic rings. The number of rotatable bonds is 5. The number of anilines is 3. The lowest BCUT2D eigenvalue weighted by Crippen LogP contribution is -2.36. The highest BCUT2D eigenvalue weighted by atomic mass is 32.1. The van der Waals surface area contributed by atoms with Gasteiger partial charge in [0.1, 0.15) is 0 Å². The van der Waals surface area contributed by atoms with E-state index < -0.39 is 0 Å². The van der Waals surface area contributed by atoms with Gasteiger partial charge in [-0.1, -0.05) is 18.2 Å². The lowest BCUT2D eigenvalue weighted by atomic mass is 9.99. The molecule has 2 aromatic carbocycles. The second kappa shape index (κ2) is 9.39. The summed E-state index contributed by atoms with van der Waals surface area (Å²) in [5.74, 6) is 0.246. The third kappa shape index (κ3) is 4.42. The van der Waals surface area contributed by atoms with Gasteiger partial charge >= 0.3 is 0 Å². The zero-order valence-corrected chi connectivity index (χ0v) is 20.2. The molecule has 0 unspecified atom stereocenters. The predicted octanol–water partition coefficient (Wildman–Crippen LogP) is 4.26. The molecule has 0 saturated carbocycles. The molecule has 0 spiro atoms. The summed E-state index contributed by atoms with van der Waals surface area (Å²) in [6.07, 6.45) is 5.58. The number of carbonyl (C=O) groups excluding carboxylic acids is 1. The van der Waals surface area contributed by atoms with Gasteiger partial charge < -0.3 is 19.4 Å². The molecule has 6 rings (SSSR count). The molecule has 0 radical (unpaired) electrons. The lowest BCUT2D eigenvalue weighted by Gasteiger charge is -2.29. The van der Waals surface area contributed by atoms with E-state index >= 15 is 0 Å².